The Bertz CT molecular complexity index is 1120. The lowest BCUT2D eigenvalue weighted by molar-refractivity contribution is 0.888. The van der Waals surface area contributed by atoms with Crippen molar-refractivity contribution in [2.24, 2.45) is 0 Å². The second-order valence-corrected chi connectivity index (χ2v) is 8.05. The molecule has 0 unspecified atom stereocenters. The third-order valence-corrected chi connectivity index (χ3v) is 5.71. The predicted molar refractivity (Wildman–Crippen MR) is 123 cm³/mol. The predicted octanol–water partition coefficient (Wildman–Crippen LogP) is 7.05. The van der Waals surface area contributed by atoms with Gasteiger partial charge in [-0.3, -0.25) is 4.57 Å². The van der Waals surface area contributed by atoms with Crippen molar-refractivity contribution in [2.45, 2.75) is 5.16 Å². The quantitative estimate of drug-likeness (QED) is 0.302. The van der Waals surface area contributed by atoms with Gasteiger partial charge >= 0.3 is 0 Å². The van der Waals surface area contributed by atoms with Crippen LogP contribution in [-0.4, -0.2) is 20.5 Å². The molecule has 4 aromatic rings. The summed E-state index contributed by atoms with van der Waals surface area (Å²) in [6, 6.07) is 25.5. The molecule has 0 aliphatic rings. The third kappa shape index (κ3) is 4.73. The molecule has 0 saturated heterocycles. The molecule has 4 rings (SSSR count). The van der Waals surface area contributed by atoms with Crippen LogP contribution in [0.15, 0.2) is 90.1 Å². The van der Waals surface area contributed by atoms with Crippen molar-refractivity contribution in [3.8, 4) is 17.1 Å². The summed E-state index contributed by atoms with van der Waals surface area (Å²) >= 11 is 14.1. The Hall–Kier alpha value is -2.53. The number of benzene rings is 3. The van der Waals surface area contributed by atoms with E-state index in [2.05, 4.69) is 34.5 Å². The van der Waals surface area contributed by atoms with Gasteiger partial charge in [0.25, 0.3) is 0 Å². The Kier molecular flexibility index (Phi) is 6.35. The topological polar surface area (TPSA) is 30.7 Å². The highest BCUT2D eigenvalue weighted by Crippen LogP contribution is 2.32. The summed E-state index contributed by atoms with van der Waals surface area (Å²) in [4.78, 5) is 0. The van der Waals surface area contributed by atoms with Crippen LogP contribution in [0, 0.1) is 0 Å². The maximum atomic E-state index is 6.43. The molecule has 0 atom stereocenters. The van der Waals surface area contributed by atoms with Crippen molar-refractivity contribution in [2.75, 3.05) is 5.75 Å². The summed E-state index contributed by atoms with van der Waals surface area (Å²) in [7, 11) is 0. The van der Waals surface area contributed by atoms with Crippen molar-refractivity contribution in [3.63, 3.8) is 0 Å². The molecule has 0 N–H and O–H groups in total. The van der Waals surface area contributed by atoms with Crippen LogP contribution in [0.1, 0.15) is 5.56 Å². The number of thioether (sulfide) groups is 1. The minimum atomic E-state index is 0.635. The summed E-state index contributed by atoms with van der Waals surface area (Å²) in [6.07, 6.45) is 4.22. The van der Waals surface area contributed by atoms with E-state index >= 15 is 0 Å². The lowest BCUT2D eigenvalue weighted by atomic mass is 10.2. The Balaban J connectivity index is 1.66. The summed E-state index contributed by atoms with van der Waals surface area (Å²) in [5.41, 5.74) is 2.94. The van der Waals surface area contributed by atoms with Crippen LogP contribution >= 0.6 is 35.0 Å². The summed E-state index contributed by atoms with van der Waals surface area (Å²) in [5, 5.41) is 11.0. The van der Waals surface area contributed by atoms with Gasteiger partial charge < -0.3 is 0 Å². The molecule has 0 radical (unpaired) electrons. The van der Waals surface area contributed by atoms with E-state index in [0.29, 0.717) is 15.9 Å². The van der Waals surface area contributed by atoms with Crippen molar-refractivity contribution >= 4 is 41.0 Å². The second kappa shape index (κ2) is 9.31. The average molecular weight is 438 g/mol. The summed E-state index contributed by atoms with van der Waals surface area (Å²) in [6.45, 7) is 0. The molecule has 3 nitrogen and oxygen atoms in total. The van der Waals surface area contributed by atoms with Crippen molar-refractivity contribution < 1.29 is 0 Å². The van der Waals surface area contributed by atoms with Gasteiger partial charge in [-0.2, -0.15) is 0 Å². The van der Waals surface area contributed by atoms with Gasteiger partial charge in [0.05, 0.1) is 5.02 Å². The van der Waals surface area contributed by atoms with Crippen molar-refractivity contribution in [1.29, 1.82) is 0 Å². The molecule has 144 valence electrons. The van der Waals surface area contributed by atoms with Gasteiger partial charge in [0.15, 0.2) is 11.0 Å². The highest BCUT2D eigenvalue weighted by Gasteiger charge is 2.17. The van der Waals surface area contributed by atoms with Gasteiger partial charge in [-0.1, -0.05) is 89.6 Å². The zero-order chi connectivity index (χ0) is 20.1. The fraction of sp³-hybridized carbons (Fsp3) is 0.0435. The smallest absolute Gasteiger partial charge is 0.196 e. The minimum absolute atomic E-state index is 0.635. The molecule has 6 heteroatoms. The fourth-order valence-electron chi connectivity index (χ4n) is 2.87. The molecular weight excluding hydrogens is 421 g/mol. The van der Waals surface area contributed by atoms with Crippen molar-refractivity contribution in [3.05, 3.63) is 101 Å². The maximum absolute atomic E-state index is 6.43. The van der Waals surface area contributed by atoms with Gasteiger partial charge in [0.2, 0.25) is 0 Å². The average Bonchev–Trinajstić information content (AvgIpc) is 3.16. The Morgan fingerprint density at radius 3 is 2.31 bits per heavy atom. The normalized spacial score (nSPS) is 11.2. The highest BCUT2D eigenvalue weighted by atomic mass is 35.5. The first-order valence-corrected chi connectivity index (χ1v) is 10.8. The van der Waals surface area contributed by atoms with E-state index in [1.807, 2.05) is 71.3 Å². The van der Waals surface area contributed by atoms with Crippen LogP contribution in [-0.2, 0) is 0 Å². The molecular formula is C23H17Cl2N3S. The van der Waals surface area contributed by atoms with E-state index in [9.17, 15) is 0 Å². The van der Waals surface area contributed by atoms with E-state index in [1.54, 1.807) is 11.8 Å². The monoisotopic (exact) mass is 437 g/mol. The van der Waals surface area contributed by atoms with Gasteiger partial charge in [0.1, 0.15) is 0 Å². The molecule has 0 aliphatic carbocycles. The fourth-order valence-corrected chi connectivity index (χ4v) is 3.98. The Labute approximate surface area is 184 Å². The molecule has 0 amide bonds. The molecule has 0 saturated carbocycles. The summed E-state index contributed by atoms with van der Waals surface area (Å²) < 4.78 is 2.01. The molecule has 3 aromatic carbocycles. The second-order valence-electron chi connectivity index (χ2n) is 6.22. The molecule has 0 aliphatic heterocycles. The summed E-state index contributed by atoms with van der Waals surface area (Å²) in [5.74, 6) is 1.47. The van der Waals surface area contributed by atoms with Crippen molar-refractivity contribution in [1.82, 2.24) is 14.8 Å². The van der Waals surface area contributed by atoms with Gasteiger partial charge in [-0.25, -0.2) is 0 Å². The number of hydrogen-bond donors (Lipinski definition) is 0. The zero-order valence-electron chi connectivity index (χ0n) is 15.4. The largest absolute Gasteiger partial charge is 0.270 e. The number of halogens is 2. The van der Waals surface area contributed by atoms with E-state index in [4.69, 9.17) is 23.2 Å². The molecule has 0 fully saturated rings. The van der Waals surface area contributed by atoms with E-state index in [-0.39, 0.29) is 0 Å². The number of aromatic nitrogens is 3. The van der Waals surface area contributed by atoms with Crippen LogP contribution in [0.5, 0.6) is 0 Å². The molecule has 1 heterocycles. The van der Waals surface area contributed by atoms with Crippen LogP contribution in [0.25, 0.3) is 23.2 Å². The van der Waals surface area contributed by atoms with E-state index in [1.165, 1.54) is 5.56 Å². The molecule has 1 aromatic heterocycles. The number of hydrogen-bond acceptors (Lipinski definition) is 3. The van der Waals surface area contributed by atoms with E-state index in [0.717, 1.165) is 22.2 Å². The molecule has 29 heavy (non-hydrogen) atoms. The first-order valence-electron chi connectivity index (χ1n) is 9.03. The number of nitrogens with zero attached hydrogens (tertiary/aromatic N) is 3. The van der Waals surface area contributed by atoms with Gasteiger partial charge in [-0.15, -0.1) is 10.2 Å². The van der Waals surface area contributed by atoms with E-state index < -0.39 is 0 Å². The lowest BCUT2D eigenvalue weighted by Gasteiger charge is -2.11. The zero-order valence-corrected chi connectivity index (χ0v) is 17.7. The minimum Gasteiger partial charge on any atom is -0.270 e. The molecule has 0 spiro atoms. The lowest BCUT2D eigenvalue weighted by Crippen LogP contribution is -2.00. The maximum Gasteiger partial charge on any atom is 0.196 e. The van der Waals surface area contributed by atoms with Gasteiger partial charge in [-0.05, 0) is 42.0 Å². The standard InChI is InChI=1S/C23H17Cl2N3S/c24-18-12-14-19(15-13-18)28-22(20-10-4-5-11-21(20)25)26-27-23(28)29-16-6-9-17-7-2-1-3-8-17/h1-15H,16H2/b9-6+. The SMILES string of the molecule is Clc1ccc(-n2c(SC/C=C/c3ccccc3)nnc2-c2ccccc2Cl)cc1. The Morgan fingerprint density at radius 2 is 1.55 bits per heavy atom. The number of rotatable bonds is 6. The highest BCUT2D eigenvalue weighted by molar-refractivity contribution is 7.99. The van der Waals surface area contributed by atoms with Crippen LogP contribution < -0.4 is 0 Å². The first-order chi connectivity index (χ1) is 14.2. The van der Waals surface area contributed by atoms with Gasteiger partial charge in [0, 0.05) is 22.0 Å². The molecule has 0 bridgehead atoms. The Morgan fingerprint density at radius 1 is 0.828 bits per heavy atom. The van der Waals surface area contributed by atoms with Crippen LogP contribution in [0.2, 0.25) is 10.0 Å². The van der Waals surface area contributed by atoms with Crippen LogP contribution in [0.3, 0.4) is 0 Å². The van der Waals surface area contributed by atoms with Crippen LogP contribution in [0.4, 0.5) is 0 Å². The third-order valence-electron chi connectivity index (χ3n) is 4.25. The first kappa shape index (κ1) is 19.8.